The Balaban J connectivity index is 1.94. The fourth-order valence-corrected chi connectivity index (χ4v) is 2.10. The van der Waals surface area contributed by atoms with Crippen molar-refractivity contribution in [3.8, 4) is 0 Å². The zero-order valence-electron chi connectivity index (χ0n) is 10.2. The van der Waals surface area contributed by atoms with E-state index in [9.17, 15) is 9.18 Å². The minimum absolute atomic E-state index is 0.0797. The van der Waals surface area contributed by atoms with E-state index in [-0.39, 0.29) is 27.3 Å². The molecule has 3 aromatic rings. The van der Waals surface area contributed by atoms with Crippen molar-refractivity contribution in [2.45, 2.75) is 0 Å². The number of benzene rings is 1. The number of hydrogen-bond donors (Lipinski definition) is 2. The Kier molecular flexibility index (Phi) is 3.44. The molecular formula is C12H6Cl2FN5O. The van der Waals surface area contributed by atoms with E-state index >= 15 is 0 Å². The highest BCUT2D eigenvalue weighted by Gasteiger charge is 2.16. The van der Waals surface area contributed by atoms with Gasteiger partial charge in [0.2, 0.25) is 5.95 Å². The topological polar surface area (TPSA) is 83.6 Å². The Hall–Kier alpha value is -2.25. The molecule has 106 valence electrons. The van der Waals surface area contributed by atoms with Crippen LogP contribution in [-0.2, 0) is 0 Å². The van der Waals surface area contributed by atoms with Crippen molar-refractivity contribution in [1.29, 1.82) is 0 Å². The van der Waals surface area contributed by atoms with Gasteiger partial charge in [0.05, 0.1) is 16.9 Å². The molecule has 3 rings (SSSR count). The monoisotopic (exact) mass is 325 g/mol. The molecule has 0 unspecified atom stereocenters. The van der Waals surface area contributed by atoms with Crippen LogP contribution in [0.1, 0.15) is 10.4 Å². The lowest BCUT2D eigenvalue weighted by Crippen LogP contribution is -2.16. The van der Waals surface area contributed by atoms with Crippen molar-refractivity contribution in [2.24, 2.45) is 0 Å². The highest BCUT2D eigenvalue weighted by atomic mass is 35.5. The molecule has 0 aliphatic carbocycles. The number of anilines is 1. The number of carbonyl (C=O) groups is 1. The number of nitrogens with zero attached hydrogens (tertiary/aromatic N) is 3. The maximum atomic E-state index is 13.8. The number of imidazole rings is 1. The van der Waals surface area contributed by atoms with Crippen LogP contribution in [0.25, 0.3) is 11.2 Å². The smallest absolute Gasteiger partial charge is 0.261 e. The van der Waals surface area contributed by atoms with Gasteiger partial charge in [-0.05, 0) is 12.1 Å². The van der Waals surface area contributed by atoms with Crippen molar-refractivity contribution < 1.29 is 9.18 Å². The number of rotatable bonds is 2. The van der Waals surface area contributed by atoms with E-state index in [1.165, 1.54) is 24.5 Å². The van der Waals surface area contributed by atoms with Gasteiger partial charge in [-0.1, -0.05) is 29.3 Å². The fraction of sp³-hybridized carbons (Fsp3) is 0. The summed E-state index contributed by atoms with van der Waals surface area (Å²) in [6.45, 7) is 0. The second-order valence-electron chi connectivity index (χ2n) is 3.99. The SMILES string of the molecule is O=C(Nc1nc(Cl)c2[nH]cnc2n1)c1cccc(Cl)c1F. The fourth-order valence-electron chi connectivity index (χ4n) is 1.70. The molecule has 2 aromatic heterocycles. The molecule has 6 nitrogen and oxygen atoms in total. The van der Waals surface area contributed by atoms with Crippen LogP contribution in [0.15, 0.2) is 24.5 Å². The molecule has 0 fully saturated rings. The van der Waals surface area contributed by atoms with Crippen LogP contribution in [0.4, 0.5) is 10.3 Å². The molecule has 0 aliphatic heterocycles. The van der Waals surface area contributed by atoms with Crippen molar-refractivity contribution in [3.63, 3.8) is 0 Å². The Bertz CT molecular complexity index is 851. The lowest BCUT2D eigenvalue weighted by molar-refractivity contribution is 0.102. The lowest BCUT2D eigenvalue weighted by atomic mass is 10.2. The van der Waals surface area contributed by atoms with Gasteiger partial charge in [0, 0.05) is 0 Å². The summed E-state index contributed by atoms with van der Waals surface area (Å²) in [5, 5.41) is 2.30. The number of aromatic nitrogens is 4. The summed E-state index contributed by atoms with van der Waals surface area (Å²) in [7, 11) is 0. The highest BCUT2D eigenvalue weighted by molar-refractivity contribution is 6.33. The number of hydrogen-bond acceptors (Lipinski definition) is 4. The third kappa shape index (κ3) is 2.53. The Morgan fingerprint density at radius 3 is 2.90 bits per heavy atom. The second-order valence-corrected chi connectivity index (χ2v) is 4.76. The molecule has 0 saturated heterocycles. The molecule has 9 heteroatoms. The molecule has 0 spiro atoms. The van der Waals surface area contributed by atoms with E-state index < -0.39 is 11.7 Å². The summed E-state index contributed by atoms with van der Waals surface area (Å²) in [4.78, 5) is 26.6. The zero-order valence-corrected chi connectivity index (χ0v) is 11.7. The molecule has 0 bridgehead atoms. The highest BCUT2D eigenvalue weighted by Crippen LogP contribution is 2.21. The van der Waals surface area contributed by atoms with Crippen molar-refractivity contribution in [2.75, 3.05) is 5.32 Å². The number of fused-ring (bicyclic) bond motifs is 1. The van der Waals surface area contributed by atoms with E-state index in [1.807, 2.05) is 0 Å². The summed E-state index contributed by atoms with van der Waals surface area (Å²) < 4.78 is 13.8. The predicted molar refractivity (Wildman–Crippen MR) is 76.1 cm³/mol. The van der Waals surface area contributed by atoms with E-state index in [0.717, 1.165) is 0 Å². The number of halogens is 3. The molecule has 0 radical (unpaired) electrons. The van der Waals surface area contributed by atoms with Crippen LogP contribution >= 0.6 is 23.2 Å². The number of nitrogens with one attached hydrogen (secondary N) is 2. The van der Waals surface area contributed by atoms with E-state index in [4.69, 9.17) is 23.2 Å². The first-order valence-corrected chi connectivity index (χ1v) is 6.44. The van der Waals surface area contributed by atoms with Crippen molar-refractivity contribution in [3.05, 3.63) is 46.1 Å². The van der Waals surface area contributed by atoms with Crippen molar-refractivity contribution in [1.82, 2.24) is 19.9 Å². The van der Waals surface area contributed by atoms with Gasteiger partial charge in [0.1, 0.15) is 5.52 Å². The minimum atomic E-state index is -0.816. The third-order valence-electron chi connectivity index (χ3n) is 2.66. The molecule has 2 heterocycles. The van der Waals surface area contributed by atoms with Crippen LogP contribution in [-0.4, -0.2) is 25.8 Å². The van der Waals surface area contributed by atoms with Crippen LogP contribution in [0.5, 0.6) is 0 Å². The number of amides is 1. The van der Waals surface area contributed by atoms with Gasteiger partial charge in [0.25, 0.3) is 5.91 Å². The Labute approximate surface area is 127 Å². The van der Waals surface area contributed by atoms with Gasteiger partial charge < -0.3 is 4.98 Å². The molecule has 2 N–H and O–H groups in total. The Morgan fingerprint density at radius 1 is 1.29 bits per heavy atom. The zero-order chi connectivity index (χ0) is 15.0. The summed E-state index contributed by atoms with van der Waals surface area (Å²) >= 11 is 11.5. The average Bonchev–Trinajstić information content (AvgIpc) is 2.90. The molecule has 0 saturated carbocycles. The van der Waals surface area contributed by atoms with Gasteiger partial charge >= 0.3 is 0 Å². The quantitative estimate of drug-likeness (QED) is 0.709. The van der Waals surface area contributed by atoms with Crippen LogP contribution in [0.3, 0.4) is 0 Å². The summed E-state index contributed by atoms with van der Waals surface area (Å²) in [5.41, 5.74) is 0.518. The number of H-pyrrole nitrogens is 1. The summed E-state index contributed by atoms with van der Waals surface area (Å²) in [6.07, 6.45) is 1.40. The van der Waals surface area contributed by atoms with Gasteiger partial charge in [-0.15, -0.1) is 0 Å². The van der Waals surface area contributed by atoms with E-state index in [0.29, 0.717) is 5.52 Å². The molecular weight excluding hydrogens is 320 g/mol. The first kappa shape index (κ1) is 13.7. The van der Waals surface area contributed by atoms with Gasteiger partial charge in [-0.3, -0.25) is 10.1 Å². The molecule has 21 heavy (non-hydrogen) atoms. The predicted octanol–water partition coefficient (Wildman–Crippen LogP) is 3.05. The van der Waals surface area contributed by atoms with E-state index in [1.54, 1.807) is 0 Å². The Morgan fingerprint density at radius 2 is 2.10 bits per heavy atom. The van der Waals surface area contributed by atoms with Crippen LogP contribution < -0.4 is 5.32 Å². The summed E-state index contributed by atoms with van der Waals surface area (Å²) in [5.74, 6) is -1.63. The van der Waals surface area contributed by atoms with Crippen LogP contribution in [0.2, 0.25) is 10.2 Å². The molecule has 0 aliphatic rings. The largest absolute Gasteiger partial charge is 0.341 e. The first-order valence-electron chi connectivity index (χ1n) is 5.68. The van der Waals surface area contributed by atoms with Gasteiger partial charge in [-0.25, -0.2) is 9.37 Å². The average molecular weight is 326 g/mol. The molecule has 0 atom stereocenters. The molecule has 1 aromatic carbocycles. The van der Waals surface area contributed by atoms with Gasteiger partial charge in [0.15, 0.2) is 16.6 Å². The normalized spacial score (nSPS) is 10.8. The number of aromatic amines is 1. The summed E-state index contributed by atoms with van der Waals surface area (Å²) in [6, 6.07) is 4.10. The standard InChI is InChI=1S/C12H6Cl2FN5O/c13-6-3-1-2-5(7(6)15)11(21)20-12-18-9(14)8-10(19-12)17-4-16-8/h1-4H,(H2,16,17,18,19,20,21). The van der Waals surface area contributed by atoms with Crippen LogP contribution in [0, 0.1) is 5.82 Å². The maximum absolute atomic E-state index is 13.8. The third-order valence-corrected chi connectivity index (χ3v) is 3.23. The van der Waals surface area contributed by atoms with Crippen molar-refractivity contribution >= 4 is 46.2 Å². The van der Waals surface area contributed by atoms with E-state index in [2.05, 4.69) is 25.3 Å². The second kappa shape index (κ2) is 5.27. The van der Waals surface area contributed by atoms with Gasteiger partial charge in [-0.2, -0.15) is 9.97 Å². The number of carbonyl (C=O) groups excluding carboxylic acids is 1. The first-order chi connectivity index (χ1) is 10.1. The minimum Gasteiger partial charge on any atom is -0.341 e. The lowest BCUT2D eigenvalue weighted by Gasteiger charge is -2.05. The maximum Gasteiger partial charge on any atom is 0.261 e. The molecule has 1 amide bonds.